The Labute approximate surface area is 181 Å². The minimum absolute atomic E-state index is 0.0486. The summed E-state index contributed by atoms with van der Waals surface area (Å²) in [5, 5.41) is 6.37. The van der Waals surface area contributed by atoms with Crippen LogP contribution in [0.2, 0.25) is 0 Å². The van der Waals surface area contributed by atoms with Crippen LogP contribution in [-0.4, -0.2) is 48.3 Å². The lowest BCUT2D eigenvalue weighted by molar-refractivity contribution is 0.0676. The smallest absolute Gasteiger partial charge is 0.264 e. The van der Waals surface area contributed by atoms with Gasteiger partial charge in [-0.05, 0) is 24.8 Å². The predicted molar refractivity (Wildman–Crippen MR) is 119 cm³/mol. The van der Waals surface area contributed by atoms with E-state index < -0.39 is 0 Å². The van der Waals surface area contributed by atoms with Crippen LogP contribution in [0.1, 0.15) is 35.5 Å². The zero-order valence-corrected chi connectivity index (χ0v) is 18.2. The van der Waals surface area contributed by atoms with Crippen LogP contribution in [0.4, 0.5) is 5.88 Å². The van der Waals surface area contributed by atoms with Crippen LogP contribution < -0.4 is 4.90 Å². The van der Waals surface area contributed by atoms with Gasteiger partial charge in [0.1, 0.15) is 5.69 Å². The van der Waals surface area contributed by atoms with E-state index in [9.17, 15) is 4.79 Å². The first-order chi connectivity index (χ1) is 14.7. The van der Waals surface area contributed by atoms with E-state index in [4.69, 9.17) is 9.26 Å². The second-order valence-electron chi connectivity index (χ2n) is 7.45. The second-order valence-corrected chi connectivity index (χ2v) is 8.40. The molecule has 2 aromatic heterocycles. The molecular weight excluding hydrogens is 398 g/mol. The van der Waals surface area contributed by atoms with Gasteiger partial charge in [0.25, 0.3) is 5.91 Å². The van der Waals surface area contributed by atoms with E-state index in [1.165, 1.54) is 11.3 Å². The first-order valence-electron chi connectivity index (χ1n) is 10.4. The average Bonchev–Trinajstić information content (AvgIpc) is 3.48. The van der Waals surface area contributed by atoms with Gasteiger partial charge in [0.15, 0.2) is 0 Å². The third-order valence-corrected chi connectivity index (χ3v) is 6.41. The van der Waals surface area contributed by atoms with Crippen LogP contribution >= 0.6 is 11.3 Å². The Morgan fingerprint density at radius 3 is 2.63 bits per heavy atom. The number of amides is 1. The van der Waals surface area contributed by atoms with E-state index in [1.54, 1.807) is 0 Å². The van der Waals surface area contributed by atoms with Crippen molar-refractivity contribution in [2.75, 3.05) is 31.2 Å². The molecule has 0 saturated carbocycles. The molecule has 1 amide bonds. The van der Waals surface area contributed by atoms with Crippen molar-refractivity contribution in [1.29, 1.82) is 0 Å². The Hall–Kier alpha value is -2.64. The molecule has 0 bridgehead atoms. The number of hydrogen-bond donors (Lipinski definition) is 0. The number of hydrogen-bond acceptors (Lipinski definition) is 6. The number of anilines is 1. The Kier molecular flexibility index (Phi) is 6.50. The highest BCUT2D eigenvalue weighted by molar-refractivity contribution is 7.12. The monoisotopic (exact) mass is 425 g/mol. The molecule has 4 rings (SSSR count). The molecule has 158 valence electrons. The average molecular weight is 426 g/mol. The third-order valence-electron chi connectivity index (χ3n) is 5.56. The fraction of sp³-hybridized carbons (Fsp3) is 0.391. The fourth-order valence-corrected chi connectivity index (χ4v) is 4.32. The van der Waals surface area contributed by atoms with E-state index in [0.717, 1.165) is 47.1 Å². The maximum absolute atomic E-state index is 13.3. The lowest BCUT2D eigenvalue weighted by Gasteiger charge is -2.31. The van der Waals surface area contributed by atoms with E-state index in [0.29, 0.717) is 19.8 Å². The van der Waals surface area contributed by atoms with Crippen molar-refractivity contribution < 1.29 is 14.1 Å². The van der Waals surface area contributed by atoms with Gasteiger partial charge in [-0.3, -0.25) is 4.79 Å². The van der Waals surface area contributed by atoms with Crippen molar-refractivity contribution in [1.82, 2.24) is 10.1 Å². The minimum atomic E-state index is 0.0486. The maximum atomic E-state index is 13.3. The largest absolute Gasteiger partial charge is 0.378 e. The van der Waals surface area contributed by atoms with E-state index in [2.05, 4.69) is 23.9 Å². The van der Waals surface area contributed by atoms with Crippen LogP contribution in [0.15, 0.2) is 52.4 Å². The van der Waals surface area contributed by atoms with Crippen LogP contribution in [0.25, 0.3) is 11.3 Å². The highest BCUT2D eigenvalue weighted by atomic mass is 32.1. The normalized spacial score (nSPS) is 15.2. The van der Waals surface area contributed by atoms with Gasteiger partial charge in [0, 0.05) is 24.7 Å². The molecule has 1 saturated heterocycles. The van der Waals surface area contributed by atoms with Crippen molar-refractivity contribution >= 4 is 23.1 Å². The summed E-state index contributed by atoms with van der Waals surface area (Å²) in [4.78, 5) is 18.2. The molecule has 1 atom stereocenters. The molecule has 1 aliphatic heterocycles. The molecule has 7 heteroatoms. The van der Waals surface area contributed by atoms with E-state index in [1.807, 2.05) is 52.7 Å². The van der Waals surface area contributed by atoms with Gasteiger partial charge in [0.2, 0.25) is 5.88 Å². The van der Waals surface area contributed by atoms with E-state index >= 15 is 0 Å². The zero-order valence-electron chi connectivity index (χ0n) is 17.4. The Balaban J connectivity index is 1.74. The summed E-state index contributed by atoms with van der Waals surface area (Å²) < 4.78 is 11.4. The van der Waals surface area contributed by atoms with Crippen molar-refractivity contribution in [2.24, 2.45) is 0 Å². The Morgan fingerprint density at radius 1 is 1.20 bits per heavy atom. The molecule has 1 fully saturated rings. The highest BCUT2D eigenvalue weighted by Gasteiger charge is 2.29. The molecule has 1 aromatic carbocycles. The first kappa shape index (κ1) is 20.6. The third kappa shape index (κ3) is 4.27. The first-order valence-corrected chi connectivity index (χ1v) is 11.3. The molecule has 3 heterocycles. The van der Waals surface area contributed by atoms with Gasteiger partial charge in [-0.15, -0.1) is 11.3 Å². The van der Waals surface area contributed by atoms with Gasteiger partial charge >= 0.3 is 0 Å². The molecule has 30 heavy (non-hydrogen) atoms. The van der Waals surface area contributed by atoms with Crippen LogP contribution in [0.3, 0.4) is 0 Å². The van der Waals surface area contributed by atoms with Crippen molar-refractivity contribution in [3.05, 3.63) is 58.3 Å². The lowest BCUT2D eigenvalue weighted by Crippen LogP contribution is -2.39. The summed E-state index contributed by atoms with van der Waals surface area (Å²) in [7, 11) is 0. The molecule has 1 unspecified atom stereocenters. The van der Waals surface area contributed by atoms with Crippen LogP contribution in [0, 0.1) is 0 Å². The summed E-state index contributed by atoms with van der Waals surface area (Å²) in [5.41, 5.74) is 2.74. The van der Waals surface area contributed by atoms with Crippen LogP contribution in [-0.2, 0) is 11.3 Å². The quantitative estimate of drug-likeness (QED) is 0.550. The number of ether oxygens (including phenoxy) is 1. The molecule has 0 aliphatic carbocycles. The molecule has 0 N–H and O–H groups in total. The SMILES string of the molecule is CCC(C)N(Cc1c(-c2ccccc2)noc1N1CCOCC1)C(=O)c1cccs1. The fourth-order valence-electron chi connectivity index (χ4n) is 3.64. The molecule has 0 radical (unpaired) electrons. The van der Waals surface area contributed by atoms with Crippen molar-refractivity contribution in [3.63, 3.8) is 0 Å². The van der Waals surface area contributed by atoms with E-state index in [-0.39, 0.29) is 11.9 Å². The molecule has 0 spiro atoms. The number of morpholine rings is 1. The second kappa shape index (κ2) is 9.45. The molecule has 3 aromatic rings. The summed E-state index contributed by atoms with van der Waals surface area (Å²) in [6, 6.07) is 13.9. The zero-order chi connectivity index (χ0) is 20.9. The van der Waals surface area contributed by atoms with Crippen molar-refractivity contribution in [3.8, 4) is 11.3 Å². The number of carbonyl (C=O) groups excluding carboxylic acids is 1. The van der Waals surface area contributed by atoms with Crippen LogP contribution in [0.5, 0.6) is 0 Å². The molecule has 6 nitrogen and oxygen atoms in total. The Bertz CT molecular complexity index is 950. The standard InChI is InChI=1S/C23H27N3O3S/c1-3-17(2)26(22(27)20-10-7-15-30-20)16-19-21(18-8-5-4-6-9-18)24-29-23(19)25-11-13-28-14-12-25/h4-10,15,17H,3,11-14,16H2,1-2H3. The number of carbonyl (C=O) groups is 1. The summed E-state index contributed by atoms with van der Waals surface area (Å²) in [5.74, 6) is 0.789. The summed E-state index contributed by atoms with van der Waals surface area (Å²) in [6.07, 6.45) is 0.871. The Morgan fingerprint density at radius 2 is 1.97 bits per heavy atom. The van der Waals surface area contributed by atoms with Gasteiger partial charge in [0.05, 0.1) is 30.2 Å². The lowest BCUT2D eigenvalue weighted by atomic mass is 10.1. The molecule has 1 aliphatic rings. The topological polar surface area (TPSA) is 58.8 Å². The van der Waals surface area contributed by atoms with Gasteiger partial charge in [-0.2, -0.15) is 0 Å². The molecular formula is C23H27N3O3S. The number of nitrogens with zero attached hydrogens (tertiary/aromatic N) is 3. The van der Waals surface area contributed by atoms with Gasteiger partial charge < -0.3 is 19.1 Å². The summed E-state index contributed by atoms with van der Waals surface area (Å²) >= 11 is 1.48. The number of aromatic nitrogens is 1. The van der Waals surface area contributed by atoms with Gasteiger partial charge in [-0.25, -0.2) is 0 Å². The highest BCUT2D eigenvalue weighted by Crippen LogP contribution is 2.34. The predicted octanol–water partition coefficient (Wildman–Crippen LogP) is 4.68. The number of thiophene rings is 1. The number of rotatable bonds is 7. The summed E-state index contributed by atoms with van der Waals surface area (Å²) in [6.45, 7) is 7.46. The minimum Gasteiger partial charge on any atom is -0.378 e. The van der Waals surface area contributed by atoms with Gasteiger partial charge in [-0.1, -0.05) is 48.5 Å². The maximum Gasteiger partial charge on any atom is 0.264 e. The number of benzene rings is 1. The van der Waals surface area contributed by atoms with Crippen molar-refractivity contribution in [2.45, 2.75) is 32.9 Å².